The van der Waals surface area contributed by atoms with Gasteiger partial charge in [-0.25, -0.2) is 8.42 Å². The Morgan fingerprint density at radius 3 is 2.20 bits per heavy atom. The third-order valence-electron chi connectivity index (χ3n) is 2.94. The van der Waals surface area contributed by atoms with Crippen molar-refractivity contribution in [3.05, 3.63) is 65.7 Å². The third-order valence-corrected chi connectivity index (χ3v) is 4.76. The molecule has 0 spiro atoms. The lowest BCUT2D eigenvalue weighted by Gasteiger charge is -2.17. The number of benzene rings is 2. The molecule has 0 fully saturated rings. The Balaban J connectivity index is 2.23. The van der Waals surface area contributed by atoms with Crippen molar-refractivity contribution < 1.29 is 8.42 Å². The zero-order valence-electron chi connectivity index (χ0n) is 11.0. The van der Waals surface area contributed by atoms with E-state index in [1.54, 1.807) is 7.05 Å². The van der Waals surface area contributed by atoms with Crippen LogP contribution in [0.3, 0.4) is 0 Å². The number of sulfonamides is 1. The average molecular weight is 286 g/mol. The van der Waals surface area contributed by atoms with E-state index in [1.165, 1.54) is 28.6 Å². The molecule has 2 aromatic rings. The van der Waals surface area contributed by atoms with Crippen LogP contribution < -0.4 is 0 Å². The van der Waals surface area contributed by atoms with E-state index in [9.17, 15) is 8.42 Å². The lowest BCUT2D eigenvalue weighted by molar-refractivity contribution is 0.467. The van der Waals surface area contributed by atoms with E-state index >= 15 is 0 Å². The average Bonchev–Trinajstić information content (AvgIpc) is 2.48. The molecule has 0 aliphatic carbocycles. The fourth-order valence-corrected chi connectivity index (χ4v) is 2.97. The predicted octanol–water partition coefficient (Wildman–Crippen LogP) is 2.38. The summed E-state index contributed by atoms with van der Waals surface area (Å²) in [6, 6.07) is 17.3. The van der Waals surface area contributed by atoms with Gasteiger partial charge in [0.25, 0.3) is 0 Å². The summed E-state index contributed by atoms with van der Waals surface area (Å²) in [5.74, 6) is 0. The maximum absolute atomic E-state index is 12.4. The smallest absolute Gasteiger partial charge is 0.207 e. The summed E-state index contributed by atoms with van der Waals surface area (Å²) < 4.78 is 26.1. The zero-order chi connectivity index (χ0) is 14.6. The van der Waals surface area contributed by atoms with E-state index in [-0.39, 0.29) is 4.90 Å². The first-order valence-electron chi connectivity index (χ1n) is 6.04. The van der Waals surface area contributed by atoms with Gasteiger partial charge in [0.05, 0.1) is 16.5 Å². The molecule has 4 nitrogen and oxygen atoms in total. The minimum Gasteiger partial charge on any atom is -0.207 e. The Bertz CT molecular complexity index is 717. The van der Waals surface area contributed by atoms with Gasteiger partial charge in [-0.05, 0) is 29.8 Å². The first-order chi connectivity index (χ1) is 9.54. The van der Waals surface area contributed by atoms with Crippen molar-refractivity contribution in [2.45, 2.75) is 11.4 Å². The van der Waals surface area contributed by atoms with E-state index < -0.39 is 10.0 Å². The van der Waals surface area contributed by atoms with Gasteiger partial charge in [0.1, 0.15) is 0 Å². The third kappa shape index (κ3) is 3.05. The second-order valence-electron chi connectivity index (χ2n) is 4.38. The first kappa shape index (κ1) is 14.3. The van der Waals surface area contributed by atoms with Crippen LogP contribution in [0.25, 0.3) is 0 Å². The summed E-state index contributed by atoms with van der Waals surface area (Å²) in [6.07, 6.45) is 0. The quantitative estimate of drug-likeness (QED) is 0.867. The highest BCUT2D eigenvalue weighted by Gasteiger charge is 2.20. The molecule has 0 saturated heterocycles. The molecular weight excluding hydrogens is 272 g/mol. The number of rotatable bonds is 4. The van der Waals surface area contributed by atoms with Gasteiger partial charge >= 0.3 is 0 Å². The zero-order valence-corrected chi connectivity index (χ0v) is 11.8. The highest BCUT2D eigenvalue weighted by molar-refractivity contribution is 7.89. The summed E-state index contributed by atoms with van der Waals surface area (Å²) >= 11 is 0. The van der Waals surface area contributed by atoms with Crippen molar-refractivity contribution in [1.29, 1.82) is 5.26 Å². The standard InChI is InChI=1S/C15H14N2O2S/c1-17(12-14-5-3-2-4-6-14)20(18,19)15-9-7-13(11-16)8-10-15/h2-10H,12H2,1H3. The lowest BCUT2D eigenvalue weighted by Crippen LogP contribution is -2.26. The summed E-state index contributed by atoms with van der Waals surface area (Å²) in [6.45, 7) is 0.309. The minimum absolute atomic E-state index is 0.190. The molecule has 0 atom stereocenters. The van der Waals surface area contributed by atoms with Gasteiger partial charge in [-0.15, -0.1) is 0 Å². The first-order valence-corrected chi connectivity index (χ1v) is 7.48. The van der Waals surface area contributed by atoms with Crippen molar-refractivity contribution >= 4 is 10.0 Å². The molecule has 0 aliphatic heterocycles. The molecule has 0 unspecified atom stereocenters. The van der Waals surface area contributed by atoms with Gasteiger partial charge in [-0.1, -0.05) is 30.3 Å². The Hall–Kier alpha value is -2.16. The van der Waals surface area contributed by atoms with Gasteiger partial charge in [0.2, 0.25) is 10.0 Å². The van der Waals surface area contributed by atoms with Crippen LogP contribution in [0.15, 0.2) is 59.5 Å². The van der Waals surface area contributed by atoms with Crippen LogP contribution >= 0.6 is 0 Å². The lowest BCUT2D eigenvalue weighted by atomic mass is 10.2. The Morgan fingerprint density at radius 1 is 1.05 bits per heavy atom. The van der Waals surface area contributed by atoms with Crippen molar-refractivity contribution in [3.8, 4) is 6.07 Å². The molecule has 0 aliphatic rings. The van der Waals surface area contributed by atoms with Gasteiger partial charge in [0, 0.05) is 13.6 Å². The summed E-state index contributed by atoms with van der Waals surface area (Å²) in [5, 5.41) is 8.73. The second-order valence-corrected chi connectivity index (χ2v) is 6.43. The number of nitrogens with zero attached hydrogens (tertiary/aromatic N) is 2. The van der Waals surface area contributed by atoms with E-state index in [0.29, 0.717) is 12.1 Å². The molecule has 0 aromatic heterocycles. The molecule has 0 saturated carbocycles. The molecule has 20 heavy (non-hydrogen) atoms. The molecule has 5 heteroatoms. The molecule has 0 heterocycles. The van der Waals surface area contributed by atoms with E-state index in [4.69, 9.17) is 5.26 Å². The molecule has 2 aromatic carbocycles. The molecule has 0 radical (unpaired) electrons. The van der Waals surface area contributed by atoms with Crippen LogP contribution in [0.1, 0.15) is 11.1 Å². The Morgan fingerprint density at radius 2 is 1.65 bits per heavy atom. The maximum atomic E-state index is 12.4. The Labute approximate surface area is 118 Å². The van der Waals surface area contributed by atoms with Crippen LogP contribution in [0, 0.1) is 11.3 Å². The van der Waals surface area contributed by atoms with Crippen molar-refractivity contribution in [1.82, 2.24) is 4.31 Å². The number of hydrogen-bond acceptors (Lipinski definition) is 3. The van der Waals surface area contributed by atoms with Crippen LogP contribution in [0.4, 0.5) is 0 Å². The summed E-state index contributed by atoms with van der Waals surface area (Å²) in [5.41, 5.74) is 1.36. The van der Waals surface area contributed by atoms with Gasteiger partial charge in [-0.2, -0.15) is 9.57 Å². The van der Waals surface area contributed by atoms with Crippen molar-refractivity contribution in [3.63, 3.8) is 0 Å². The fourth-order valence-electron chi connectivity index (χ4n) is 1.81. The molecule has 2 rings (SSSR count). The van der Waals surface area contributed by atoms with Crippen LogP contribution in [-0.2, 0) is 16.6 Å². The van der Waals surface area contributed by atoms with Crippen molar-refractivity contribution in [2.75, 3.05) is 7.05 Å². The summed E-state index contributed by atoms with van der Waals surface area (Å²) in [4.78, 5) is 0.190. The predicted molar refractivity (Wildman–Crippen MR) is 76.3 cm³/mol. The molecule has 0 bridgehead atoms. The summed E-state index contributed by atoms with van der Waals surface area (Å²) in [7, 11) is -2.00. The monoisotopic (exact) mass is 286 g/mol. The molecular formula is C15H14N2O2S. The highest BCUT2D eigenvalue weighted by Crippen LogP contribution is 2.17. The van der Waals surface area contributed by atoms with E-state index in [1.807, 2.05) is 36.4 Å². The van der Waals surface area contributed by atoms with Crippen molar-refractivity contribution in [2.24, 2.45) is 0 Å². The molecule has 0 amide bonds. The van der Waals surface area contributed by atoms with Gasteiger partial charge in [-0.3, -0.25) is 0 Å². The maximum Gasteiger partial charge on any atom is 0.243 e. The highest BCUT2D eigenvalue weighted by atomic mass is 32.2. The molecule has 0 N–H and O–H groups in total. The second kappa shape index (κ2) is 5.87. The normalized spacial score (nSPS) is 11.2. The SMILES string of the molecule is CN(Cc1ccccc1)S(=O)(=O)c1ccc(C#N)cc1. The van der Waals surface area contributed by atoms with Crippen LogP contribution in [0.5, 0.6) is 0 Å². The largest absolute Gasteiger partial charge is 0.243 e. The number of nitriles is 1. The van der Waals surface area contributed by atoms with E-state index in [2.05, 4.69) is 0 Å². The topological polar surface area (TPSA) is 61.2 Å². The van der Waals surface area contributed by atoms with Crippen LogP contribution in [0.2, 0.25) is 0 Å². The van der Waals surface area contributed by atoms with Gasteiger partial charge in [0.15, 0.2) is 0 Å². The minimum atomic E-state index is -3.54. The molecule has 102 valence electrons. The Kier molecular flexibility index (Phi) is 4.18. The van der Waals surface area contributed by atoms with Crippen LogP contribution in [-0.4, -0.2) is 19.8 Å². The van der Waals surface area contributed by atoms with Gasteiger partial charge < -0.3 is 0 Å². The van der Waals surface area contributed by atoms with E-state index in [0.717, 1.165) is 5.56 Å². The fraction of sp³-hybridized carbons (Fsp3) is 0.133. The number of hydrogen-bond donors (Lipinski definition) is 0.